The minimum atomic E-state index is -5.03. The Bertz CT molecular complexity index is 802. The van der Waals surface area contributed by atoms with Crippen molar-refractivity contribution in [2.75, 3.05) is 34.3 Å². The van der Waals surface area contributed by atoms with Crippen molar-refractivity contribution in [2.45, 2.75) is 244 Å². The molecule has 0 aromatic rings. The second-order valence-electron chi connectivity index (χ2n) is 17.6. The van der Waals surface area contributed by atoms with E-state index >= 15 is 0 Å². The minimum absolute atomic E-state index is 0.303. The van der Waals surface area contributed by atoms with E-state index in [1.54, 1.807) is 0 Å². The number of nitrogens with zero attached hydrogens (tertiary/aromatic N) is 1. The van der Waals surface area contributed by atoms with Crippen molar-refractivity contribution in [3.63, 3.8) is 0 Å². The summed E-state index contributed by atoms with van der Waals surface area (Å²) >= 11 is 0. The number of hydrogen-bond acceptors (Lipinski definition) is 5. The zero-order valence-electron chi connectivity index (χ0n) is 35.6. The molecule has 4 unspecified atom stereocenters. The van der Waals surface area contributed by atoms with Gasteiger partial charge < -0.3 is 29.0 Å². The molecule has 0 saturated heterocycles. The van der Waals surface area contributed by atoms with Gasteiger partial charge in [-0.2, -0.15) is 0 Å². The number of quaternary nitrogens is 1. The fourth-order valence-corrected chi connectivity index (χ4v) is 8.57. The zero-order chi connectivity index (χ0) is 38.8. The van der Waals surface area contributed by atoms with Gasteiger partial charge >= 0.3 is 0 Å². The van der Waals surface area contributed by atoms with Crippen LogP contribution in [0.2, 0.25) is 0 Å². The molecule has 0 rings (SSSR count). The highest BCUT2D eigenvalue weighted by molar-refractivity contribution is 7.44. The molecule has 0 bridgehead atoms. The van der Waals surface area contributed by atoms with Crippen LogP contribution in [0.1, 0.15) is 232 Å². The first-order valence-electron chi connectivity index (χ1n) is 22.7. The molecule has 52 heavy (non-hydrogen) atoms. The molecule has 0 radical (unpaired) electrons. The molecule has 3 N–H and O–H groups in total. The molecule has 0 saturated carbocycles. The molecule has 7 nitrogen and oxygen atoms in total. The van der Waals surface area contributed by atoms with E-state index in [2.05, 4.69) is 13.8 Å². The summed E-state index contributed by atoms with van der Waals surface area (Å²) in [7, 11) is 0.807. The number of likely N-dealkylation sites (N-methyl/N-ethyl adjacent to an activating group) is 1. The van der Waals surface area contributed by atoms with Crippen LogP contribution >= 0.6 is 7.82 Å². The topological polar surface area (TPSA) is 110 Å². The average Bonchev–Trinajstić information content (AvgIpc) is 3.07. The molecule has 0 heterocycles. The van der Waals surface area contributed by atoms with Crippen LogP contribution in [-0.2, 0) is 9.09 Å². The summed E-state index contributed by atoms with van der Waals surface area (Å²) < 4.78 is 17.7. The standard InChI is InChI=1S/C44H92NO6P/c1-6-8-10-12-14-16-18-20-22-24-26-28-30-32-34-36-38-42(43(40-45(3,4)5)51-52(48,49)50)44(47,41-46)39-37-35-33-31-29-27-25-23-21-19-17-15-13-11-9-7-2/h42-43,46-47H,6-41H2,1-5H3,(H-,48,49,50). The summed E-state index contributed by atoms with van der Waals surface area (Å²) in [4.78, 5) is 21.7. The van der Waals surface area contributed by atoms with Crippen LogP contribution in [0.15, 0.2) is 0 Å². The fourth-order valence-electron chi connectivity index (χ4n) is 8.02. The molecule has 0 aliphatic rings. The molecule has 4 atom stereocenters. The lowest BCUT2D eigenvalue weighted by molar-refractivity contribution is -0.874. The van der Waals surface area contributed by atoms with Gasteiger partial charge in [0.2, 0.25) is 0 Å². The van der Waals surface area contributed by atoms with Crippen LogP contribution in [0.4, 0.5) is 0 Å². The Hall–Kier alpha value is -0.0100. The van der Waals surface area contributed by atoms with Crippen LogP contribution < -0.4 is 4.89 Å². The van der Waals surface area contributed by atoms with E-state index in [9.17, 15) is 24.6 Å². The molecule has 0 aliphatic heterocycles. The van der Waals surface area contributed by atoms with Crippen molar-refractivity contribution < 1.29 is 33.6 Å². The van der Waals surface area contributed by atoms with Gasteiger partial charge in [0.25, 0.3) is 7.82 Å². The highest BCUT2D eigenvalue weighted by Gasteiger charge is 2.44. The SMILES string of the molecule is CCCCCCCCCCCCCCCCCCC(C(C[N+](C)(C)C)OP(=O)([O-])O)C(O)(CO)CCCCCCCCCCCCCCCCCC. The lowest BCUT2D eigenvalue weighted by Crippen LogP contribution is -2.53. The molecule has 314 valence electrons. The van der Waals surface area contributed by atoms with E-state index < -0.39 is 32.1 Å². The van der Waals surface area contributed by atoms with Gasteiger partial charge in [-0.1, -0.05) is 219 Å². The summed E-state index contributed by atoms with van der Waals surface area (Å²) in [6.45, 7) is 4.40. The number of unbranched alkanes of at least 4 members (excludes halogenated alkanes) is 30. The van der Waals surface area contributed by atoms with Gasteiger partial charge in [-0.05, 0) is 12.8 Å². The Labute approximate surface area is 324 Å². The molecule has 0 aromatic heterocycles. The van der Waals surface area contributed by atoms with E-state index in [0.717, 1.165) is 38.5 Å². The molecule has 0 amide bonds. The number of phosphoric ester groups is 1. The second kappa shape index (κ2) is 34.3. The third-order valence-corrected chi connectivity index (χ3v) is 11.8. The van der Waals surface area contributed by atoms with Crippen LogP contribution in [0.3, 0.4) is 0 Å². The Morgan fingerprint density at radius 2 is 0.846 bits per heavy atom. The van der Waals surface area contributed by atoms with Gasteiger partial charge in [0.15, 0.2) is 0 Å². The van der Waals surface area contributed by atoms with Crippen molar-refractivity contribution in [1.82, 2.24) is 0 Å². The average molecular weight is 762 g/mol. The van der Waals surface area contributed by atoms with Gasteiger partial charge in [-0.25, -0.2) is 0 Å². The third-order valence-electron chi connectivity index (χ3n) is 11.2. The molecular weight excluding hydrogens is 669 g/mol. The van der Waals surface area contributed by atoms with E-state index in [4.69, 9.17) is 4.52 Å². The monoisotopic (exact) mass is 762 g/mol. The number of aliphatic hydroxyl groups excluding tert-OH is 1. The molecule has 0 spiro atoms. The maximum atomic E-state index is 12.0. The summed E-state index contributed by atoms with van der Waals surface area (Å²) in [5.41, 5.74) is -1.46. The van der Waals surface area contributed by atoms with Crippen molar-refractivity contribution in [3.05, 3.63) is 0 Å². The predicted molar refractivity (Wildman–Crippen MR) is 221 cm³/mol. The lowest BCUT2D eigenvalue weighted by Gasteiger charge is -2.42. The molecule has 8 heteroatoms. The lowest BCUT2D eigenvalue weighted by atomic mass is 9.76. The Morgan fingerprint density at radius 1 is 0.558 bits per heavy atom. The number of phosphoric acid groups is 1. The summed E-state index contributed by atoms with van der Waals surface area (Å²) in [6.07, 6.45) is 40.7. The van der Waals surface area contributed by atoms with Gasteiger partial charge in [-0.3, -0.25) is 4.57 Å². The summed E-state index contributed by atoms with van der Waals surface area (Å²) in [5.74, 6) is -0.590. The van der Waals surface area contributed by atoms with E-state index in [1.807, 2.05) is 21.1 Å². The molecule has 0 aromatic carbocycles. The smallest absolute Gasteiger partial charge is 0.265 e. The van der Waals surface area contributed by atoms with Crippen LogP contribution in [0.25, 0.3) is 0 Å². The fraction of sp³-hybridized carbons (Fsp3) is 1.00. The third kappa shape index (κ3) is 33.3. The molecule has 0 fully saturated rings. The number of hydrogen-bond donors (Lipinski definition) is 3. The van der Waals surface area contributed by atoms with E-state index in [0.29, 0.717) is 23.9 Å². The second-order valence-corrected chi connectivity index (χ2v) is 18.7. The first-order chi connectivity index (χ1) is 24.9. The number of aliphatic hydroxyl groups is 2. The minimum Gasteiger partial charge on any atom is -0.756 e. The predicted octanol–water partition coefficient (Wildman–Crippen LogP) is 12.2. The van der Waals surface area contributed by atoms with Gasteiger partial charge in [-0.15, -0.1) is 0 Å². The normalized spacial score (nSPS) is 15.8. The van der Waals surface area contributed by atoms with Crippen LogP contribution in [-0.4, -0.2) is 65.6 Å². The van der Waals surface area contributed by atoms with E-state index in [-0.39, 0.29) is 0 Å². The highest BCUT2D eigenvalue weighted by Crippen LogP contribution is 2.41. The van der Waals surface area contributed by atoms with E-state index in [1.165, 1.54) is 167 Å². The van der Waals surface area contributed by atoms with Crippen molar-refractivity contribution in [3.8, 4) is 0 Å². The quantitative estimate of drug-likeness (QED) is 0.0325. The summed E-state index contributed by atoms with van der Waals surface area (Å²) in [5, 5.41) is 22.4. The molecule has 0 aliphatic carbocycles. The first kappa shape index (κ1) is 52.0. The first-order valence-corrected chi connectivity index (χ1v) is 24.2. The van der Waals surface area contributed by atoms with Crippen molar-refractivity contribution >= 4 is 7.82 Å². The van der Waals surface area contributed by atoms with Crippen molar-refractivity contribution in [1.29, 1.82) is 0 Å². The largest absolute Gasteiger partial charge is 0.756 e. The summed E-state index contributed by atoms with van der Waals surface area (Å²) in [6, 6.07) is 0. The van der Waals surface area contributed by atoms with Crippen molar-refractivity contribution in [2.24, 2.45) is 5.92 Å². The Morgan fingerprint density at radius 3 is 1.12 bits per heavy atom. The maximum absolute atomic E-state index is 12.0. The zero-order valence-corrected chi connectivity index (χ0v) is 36.5. The Balaban J connectivity index is 4.62. The highest BCUT2D eigenvalue weighted by atomic mass is 31.2. The Kier molecular flexibility index (Phi) is 34.2. The number of rotatable bonds is 41. The van der Waals surface area contributed by atoms with Gasteiger partial charge in [0, 0.05) is 5.92 Å². The van der Waals surface area contributed by atoms with Gasteiger partial charge in [0.1, 0.15) is 12.6 Å². The van der Waals surface area contributed by atoms with Crippen LogP contribution in [0, 0.1) is 5.92 Å². The van der Waals surface area contributed by atoms with Crippen LogP contribution in [0.5, 0.6) is 0 Å². The van der Waals surface area contributed by atoms with Gasteiger partial charge in [0.05, 0.1) is 33.4 Å². The molecular formula is C44H92NO6P. The maximum Gasteiger partial charge on any atom is 0.265 e.